The maximum absolute atomic E-state index is 13.9. The van der Waals surface area contributed by atoms with Gasteiger partial charge in [-0.2, -0.15) is 0 Å². The van der Waals surface area contributed by atoms with Crippen molar-refractivity contribution < 1.29 is 22.5 Å². The van der Waals surface area contributed by atoms with E-state index in [0.29, 0.717) is 0 Å². The lowest BCUT2D eigenvalue weighted by Gasteiger charge is -2.20. The zero-order valence-electron chi connectivity index (χ0n) is 14.7. The zero-order chi connectivity index (χ0) is 20.3. The number of hydrogen-bond acceptors (Lipinski definition) is 5. The number of nitro benzene ring substituents is 1. The Morgan fingerprint density at radius 3 is 2.21 bits per heavy atom. The van der Waals surface area contributed by atoms with E-state index in [1.165, 1.54) is 67.7 Å². The van der Waals surface area contributed by atoms with Gasteiger partial charge in [0.1, 0.15) is 16.5 Å². The molecule has 0 aliphatic carbocycles. The van der Waals surface area contributed by atoms with Crippen LogP contribution in [-0.2, 0) is 10.0 Å². The third-order valence-electron chi connectivity index (χ3n) is 3.97. The number of nitro groups is 1. The van der Waals surface area contributed by atoms with E-state index in [-0.39, 0.29) is 22.9 Å². The molecule has 0 saturated carbocycles. The molecule has 28 heavy (non-hydrogen) atoms. The van der Waals surface area contributed by atoms with Crippen LogP contribution in [0, 0.1) is 15.9 Å². The molecule has 144 valence electrons. The Bertz CT molecular complexity index is 1120. The van der Waals surface area contributed by atoms with Gasteiger partial charge in [0.25, 0.3) is 10.0 Å². The largest absolute Gasteiger partial charge is 0.450 e. The summed E-state index contributed by atoms with van der Waals surface area (Å²) in [6, 6.07) is 16.9. The Hall–Kier alpha value is -3.46. The summed E-state index contributed by atoms with van der Waals surface area (Å²) in [7, 11) is -2.78. The van der Waals surface area contributed by atoms with E-state index < -0.39 is 25.7 Å². The number of benzene rings is 3. The van der Waals surface area contributed by atoms with E-state index in [1.54, 1.807) is 6.07 Å². The standard InChI is InChI=1S/C19H15FN2O5S/c1-21(28(25,26)19-9-5-2-6-16(19)20)14-10-12-15(13-11-14)27-18-8-4-3-7-17(18)22(23)24/h2-13H,1H3. The van der Waals surface area contributed by atoms with Crippen LogP contribution < -0.4 is 9.04 Å². The van der Waals surface area contributed by atoms with Crippen molar-refractivity contribution in [1.29, 1.82) is 0 Å². The van der Waals surface area contributed by atoms with Crippen molar-refractivity contribution >= 4 is 21.4 Å². The first-order valence-corrected chi connectivity index (χ1v) is 9.49. The van der Waals surface area contributed by atoms with Gasteiger partial charge in [0.05, 0.1) is 10.6 Å². The second-order valence-electron chi connectivity index (χ2n) is 5.72. The highest BCUT2D eigenvalue weighted by Gasteiger charge is 2.24. The van der Waals surface area contributed by atoms with Crippen molar-refractivity contribution in [3.05, 3.63) is 88.7 Å². The van der Waals surface area contributed by atoms with Crippen LogP contribution in [0.5, 0.6) is 11.5 Å². The fourth-order valence-corrected chi connectivity index (χ4v) is 3.74. The summed E-state index contributed by atoms with van der Waals surface area (Å²) < 4.78 is 45.6. The fraction of sp³-hybridized carbons (Fsp3) is 0.0526. The summed E-state index contributed by atoms with van der Waals surface area (Å²) in [6.45, 7) is 0. The van der Waals surface area contributed by atoms with Gasteiger partial charge in [-0.15, -0.1) is 0 Å². The molecule has 0 spiro atoms. The van der Waals surface area contributed by atoms with Crippen LogP contribution >= 0.6 is 0 Å². The minimum atomic E-state index is -4.08. The maximum Gasteiger partial charge on any atom is 0.311 e. The van der Waals surface area contributed by atoms with E-state index in [9.17, 15) is 22.9 Å². The molecule has 0 radical (unpaired) electrons. The zero-order valence-corrected chi connectivity index (χ0v) is 15.5. The lowest BCUT2D eigenvalue weighted by Crippen LogP contribution is -2.27. The maximum atomic E-state index is 13.9. The molecule has 7 nitrogen and oxygen atoms in total. The van der Waals surface area contributed by atoms with Gasteiger partial charge in [-0.3, -0.25) is 14.4 Å². The molecular formula is C19H15FN2O5S. The van der Waals surface area contributed by atoms with E-state index in [4.69, 9.17) is 4.74 Å². The van der Waals surface area contributed by atoms with Crippen molar-refractivity contribution in [3.63, 3.8) is 0 Å². The Morgan fingerprint density at radius 1 is 0.964 bits per heavy atom. The highest BCUT2D eigenvalue weighted by molar-refractivity contribution is 7.92. The molecule has 3 aromatic carbocycles. The Morgan fingerprint density at radius 2 is 1.57 bits per heavy atom. The SMILES string of the molecule is CN(c1ccc(Oc2ccccc2[N+](=O)[O-])cc1)S(=O)(=O)c1ccccc1F. The molecule has 0 unspecified atom stereocenters. The molecule has 0 atom stereocenters. The number of rotatable bonds is 6. The fourth-order valence-electron chi connectivity index (χ4n) is 2.49. The van der Waals surface area contributed by atoms with E-state index in [2.05, 4.69) is 0 Å². The van der Waals surface area contributed by atoms with Gasteiger partial charge in [-0.05, 0) is 42.5 Å². The average molecular weight is 402 g/mol. The molecule has 0 aliphatic heterocycles. The third kappa shape index (κ3) is 3.79. The predicted molar refractivity (Wildman–Crippen MR) is 102 cm³/mol. The summed E-state index contributed by atoms with van der Waals surface area (Å²) in [5, 5.41) is 11.0. The molecule has 3 rings (SSSR count). The normalized spacial score (nSPS) is 11.1. The number of anilines is 1. The third-order valence-corrected chi connectivity index (χ3v) is 5.78. The predicted octanol–water partition coefficient (Wildman–Crippen LogP) is 4.35. The minimum Gasteiger partial charge on any atom is -0.450 e. The number of ether oxygens (including phenoxy) is 1. The van der Waals surface area contributed by atoms with Gasteiger partial charge in [0.15, 0.2) is 0 Å². The number of hydrogen-bond donors (Lipinski definition) is 0. The Balaban J connectivity index is 1.85. The summed E-state index contributed by atoms with van der Waals surface area (Å²) in [5.74, 6) is -0.493. The first-order chi connectivity index (χ1) is 13.3. The summed E-state index contributed by atoms with van der Waals surface area (Å²) >= 11 is 0. The molecule has 0 bridgehead atoms. The molecule has 0 saturated heterocycles. The van der Waals surface area contributed by atoms with Crippen LogP contribution in [0.3, 0.4) is 0 Å². The quantitative estimate of drug-likeness (QED) is 0.452. The lowest BCUT2D eigenvalue weighted by atomic mass is 10.3. The van der Waals surface area contributed by atoms with E-state index in [1.807, 2.05) is 0 Å². The van der Waals surface area contributed by atoms with Crippen molar-refractivity contribution in [2.75, 3.05) is 11.4 Å². The number of sulfonamides is 1. The molecular weight excluding hydrogens is 387 g/mol. The molecule has 0 amide bonds. The topological polar surface area (TPSA) is 89.8 Å². The first-order valence-electron chi connectivity index (χ1n) is 8.05. The van der Waals surface area contributed by atoms with Crippen LogP contribution in [0.25, 0.3) is 0 Å². The number of halogens is 1. The van der Waals surface area contributed by atoms with Crippen molar-refractivity contribution in [3.8, 4) is 11.5 Å². The second kappa shape index (κ2) is 7.65. The van der Waals surface area contributed by atoms with Crippen LogP contribution in [0.4, 0.5) is 15.8 Å². The molecule has 0 N–H and O–H groups in total. The molecule has 0 aliphatic rings. The summed E-state index contributed by atoms with van der Waals surface area (Å²) in [5.41, 5.74) is 0.0870. The molecule has 0 heterocycles. The molecule has 0 aromatic heterocycles. The highest BCUT2D eigenvalue weighted by Crippen LogP contribution is 2.32. The van der Waals surface area contributed by atoms with Crippen LogP contribution in [0.1, 0.15) is 0 Å². The summed E-state index contributed by atoms with van der Waals surface area (Å²) in [4.78, 5) is 10.1. The van der Waals surface area contributed by atoms with Crippen molar-refractivity contribution in [1.82, 2.24) is 0 Å². The molecule has 9 heteroatoms. The molecule has 0 fully saturated rings. The van der Waals surface area contributed by atoms with E-state index in [0.717, 1.165) is 10.4 Å². The van der Waals surface area contributed by atoms with Gasteiger partial charge in [-0.25, -0.2) is 12.8 Å². The van der Waals surface area contributed by atoms with Crippen LogP contribution in [0.2, 0.25) is 0 Å². The van der Waals surface area contributed by atoms with Gasteiger partial charge in [-0.1, -0.05) is 24.3 Å². The second-order valence-corrected chi connectivity index (χ2v) is 7.66. The Kier molecular flexibility index (Phi) is 5.27. The van der Waals surface area contributed by atoms with Crippen molar-refractivity contribution in [2.24, 2.45) is 0 Å². The molecule has 3 aromatic rings. The van der Waals surface area contributed by atoms with Gasteiger partial charge >= 0.3 is 5.69 Å². The van der Waals surface area contributed by atoms with Gasteiger partial charge in [0, 0.05) is 13.1 Å². The van der Waals surface area contributed by atoms with Crippen LogP contribution in [0.15, 0.2) is 77.7 Å². The highest BCUT2D eigenvalue weighted by atomic mass is 32.2. The average Bonchev–Trinajstić information content (AvgIpc) is 2.68. The summed E-state index contributed by atoms with van der Waals surface area (Å²) in [6.07, 6.45) is 0. The Labute approximate surface area is 160 Å². The lowest BCUT2D eigenvalue weighted by molar-refractivity contribution is -0.385. The van der Waals surface area contributed by atoms with Gasteiger partial charge < -0.3 is 4.74 Å². The number of nitrogens with zero attached hydrogens (tertiary/aromatic N) is 2. The van der Waals surface area contributed by atoms with Gasteiger partial charge in [0.2, 0.25) is 5.75 Å². The van der Waals surface area contributed by atoms with E-state index >= 15 is 0 Å². The number of para-hydroxylation sites is 2. The van der Waals surface area contributed by atoms with Crippen LogP contribution in [-0.4, -0.2) is 20.4 Å². The smallest absolute Gasteiger partial charge is 0.311 e. The van der Waals surface area contributed by atoms with Crippen molar-refractivity contribution in [2.45, 2.75) is 4.90 Å². The monoisotopic (exact) mass is 402 g/mol. The minimum absolute atomic E-state index is 0.0626. The first kappa shape index (κ1) is 19.3.